The zero-order valence-electron chi connectivity index (χ0n) is 12.5. The third kappa shape index (κ3) is 2.54. The molecule has 1 saturated heterocycles. The molecule has 3 rings (SSSR count). The Morgan fingerprint density at radius 1 is 1.15 bits per heavy atom. The molecule has 0 N–H and O–H groups in total. The van der Waals surface area contributed by atoms with Gasteiger partial charge < -0.3 is 9.47 Å². The third-order valence-corrected chi connectivity index (χ3v) is 5.18. The van der Waals surface area contributed by atoms with Crippen molar-refractivity contribution < 1.29 is 0 Å². The number of anilines is 1. The topological polar surface area (TPSA) is 11.4 Å². The predicted molar refractivity (Wildman–Crippen MR) is 89.9 cm³/mol. The smallest absolute Gasteiger partial charge is 0.0830 e. The lowest BCUT2D eigenvalue weighted by Gasteiger charge is -2.29. The summed E-state index contributed by atoms with van der Waals surface area (Å²) in [4.78, 5) is 4.75. The maximum Gasteiger partial charge on any atom is 0.0830 e. The van der Waals surface area contributed by atoms with Crippen LogP contribution in [-0.4, -0.2) is 48.2 Å². The largest absolute Gasteiger partial charge is 0.370 e. The van der Waals surface area contributed by atoms with E-state index in [2.05, 4.69) is 77.6 Å². The third-order valence-electron chi connectivity index (χ3n) is 4.23. The fraction of sp³-hybridized carbons (Fsp3) is 0.500. The van der Waals surface area contributed by atoms with E-state index >= 15 is 0 Å². The first-order chi connectivity index (χ1) is 9.66. The summed E-state index contributed by atoms with van der Waals surface area (Å²) in [5.74, 6) is 2.49. The van der Waals surface area contributed by atoms with Crippen LogP contribution in [0.5, 0.6) is 0 Å². The van der Waals surface area contributed by atoms with Crippen molar-refractivity contribution >= 4 is 28.4 Å². The van der Waals surface area contributed by atoms with Crippen molar-refractivity contribution in [3.8, 4) is 0 Å². The summed E-state index contributed by atoms with van der Waals surface area (Å²) in [5, 5.41) is 1.33. The van der Waals surface area contributed by atoms with Gasteiger partial charge in [-0.15, -0.1) is 0 Å². The molecule has 1 aliphatic heterocycles. The van der Waals surface area contributed by atoms with Crippen molar-refractivity contribution in [2.24, 2.45) is 0 Å². The molecule has 1 atom stereocenters. The molecule has 3 nitrogen and oxygen atoms in total. The molecule has 1 aromatic heterocycles. The van der Waals surface area contributed by atoms with Crippen LogP contribution >= 0.6 is 11.8 Å². The number of thioether (sulfide) groups is 1. The Labute approximate surface area is 125 Å². The van der Waals surface area contributed by atoms with E-state index in [9.17, 15) is 0 Å². The van der Waals surface area contributed by atoms with Gasteiger partial charge in [0, 0.05) is 36.5 Å². The molecule has 0 amide bonds. The monoisotopic (exact) mass is 289 g/mol. The number of fused-ring (bicyclic) bond motifs is 1. The second-order valence-corrected chi connectivity index (χ2v) is 6.89. The first-order valence-corrected chi connectivity index (χ1v) is 8.42. The van der Waals surface area contributed by atoms with E-state index in [0.717, 1.165) is 0 Å². The maximum atomic E-state index is 2.51. The Hall–Kier alpha value is -1.13. The lowest BCUT2D eigenvalue weighted by Crippen LogP contribution is -2.32. The summed E-state index contributed by atoms with van der Waals surface area (Å²) in [5.41, 5.74) is 2.70. The molecule has 1 fully saturated rings. The molecule has 4 heteroatoms. The van der Waals surface area contributed by atoms with Gasteiger partial charge in [0.2, 0.25) is 0 Å². The zero-order valence-corrected chi connectivity index (χ0v) is 13.4. The van der Waals surface area contributed by atoms with Gasteiger partial charge in [0.25, 0.3) is 0 Å². The van der Waals surface area contributed by atoms with Gasteiger partial charge in [-0.3, -0.25) is 4.90 Å². The van der Waals surface area contributed by atoms with Crippen LogP contribution in [0.1, 0.15) is 13.1 Å². The van der Waals surface area contributed by atoms with E-state index in [0.29, 0.717) is 6.17 Å². The quantitative estimate of drug-likeness (QED) is 0.860. The van der Waals surface area contributed by atoms with Gasteiger partial charge in [0.1, 0.15) is 0 Å². The molecular formula is C16H23N3S. The van der Waals surface area contributed by atoms with Gasteiger partial charge in [0.15, 0.2) is 0 Å². The number of aromatic nitrogens is 1. The van der Waals surface area contributed by atoms with Crippen LogP contribution in [0.3, 0.4) is 0 Å². The Bertz CT molecular complexity index is 584. The number of nitrogens with zero attached hydrogens (tertiary/aromatic N) is 3. The summed E-state index contributed by atoms with van der Waals surface area (Å²) in [6.45, 7) is 4.57. The van der Waals surface area contributed by atoms with Gasteiger partial charge >= 0.3 is 0 Å². The lowest BCUT2D eigenvalue weighted by molar-refractivity contribution is 0.244. The molecule has 20 heavy (non-hydrogen) atoms. The van der Waals surface area contributed by atoms with Crippen molar-refractivity contribution in [1.82, 2.24) is 9.47 Å². The van der Waals surface area contributed by atoms with Crippen molar-refractivity contribution in [2.75, 3.05) is 43.6 Å². The van der Waals surface area contributed by atoms with Gasteiger partial charge in [-0.1, -0.05) is 6.07 Å². The second-order valence-electron chi connectivity index (χ2n) is 5.66. The Morgan fingerprint density at radius 2 is 1.90 bits per heavy atom. The highest BCUT2D eigenvalue weighted by atomic mass is 32.2. The molecule has 1 aliphatic rings. The van der Waals surface area contributed by atoms with E-state index < -0.39 is 0 Å². The van der Waals surface area contributed by atoms with Crippen molar-refractivity contribution in [3.63, 3.8) is 0 Å². The van der Waals surface area contributed by atoms with Gasteiger partial charge in [-0.25, -0.2) is 0 Å². The minimum atomic E-state index is 0.375. The molecule has 1 aromatic carbocycles. The Morgan fingerprint density at radius 3 is 2.60 bits per heavy atom. The molecule has 108 valence electrons. The summed E-state index contributed by atoms with van der Waals surface area (Å²) in [7, 11) is 4.25. The van der Waals surface area contributed by atoms with E-state index in [1.165, 1.54) is 41.2 Å². The highest BCUT2D eigenvalue weighted by Crippen LogP contribution is 2.27. The first kappa shape index (κ1) is 13.8. The summed E-state index contributed by atoms with van der Waals surface area (Å²) in [6, 6.07) is 9.09. The fourth-order valence-electron chi connectivity index (χ4n) is 2.73. The predicted octanol–water partition coefficient (Wildman–Crippen LogP) is 3.27. The molecule has 1 unspecified atom stereocenters. The van der Waals surface area contributed by atoms with Gasteiger partial charge in [-0.05, 0) is 44.6 Å². The minimum absolute atomic E-state index is 0.375. The average molecular weight is 289 g/mol. The number of benzene rings is 1. The number of hydrogen-bond acceptors (Lipinski definition) is 3. The average Bonchev–Trinajstić information content (AvgIpc) is 2.90. The minimum Gasteiger partial charge on any atom is -0.370 e. The molecular weight excluding hydrogens is 266 g/mol. The van der Waals surface area contributed by atoms with Crippen molar-refractivity contribution in [3.05, 3.63) is 30.5 Å². The van der Waals surface area contributed by atoms with Crippen molar-refractivity contribution in [2.45, 2.75) is 13.1 Å². The van der Waals surface area contributed by atoms with Crippen LogP contribution in [0.15, 0.2) is 30.5 Å². The lowest BCUT2D eigenvalue weighted by atomic mass is 10.2. The fourth-order valence-corrected chi connectivity index (χ4v) is 3.63. The normalized spacial score (nSPS) is 17.9. The van der Waals surface area contributed by atoms with E-state index in [4.69, 9.17) is 0 Å². The highest BCUT2D eigenvalue weighted by molar-refractivity contribution is 7.99. The molecule has 2 aromatic rings. The first-order valence-electron chi connectivity index (χ1n) is 7.26. The molecule has 0 radical (unpaired) electrons. The summed E-state index contributed by atoms with van der Waals surface area (Å²) >= 11 is 2.06. The number of hydrogen-bond donors (Lipinski definition) is 0. The van der Waals surface area contributed by atoms with E-state index in [1.807, 2.05) is 0 Å². The van der Waals surface area contributed by atoms with Crippen LogP contribution < -0.4 is 4.90 Å². The van der Waals surface area contributed by atoms with Crippen LogP contribution in [0.25, 0.3) is 10.9 Å². The maximum absolute atomic E-state index is 2.51. The van der Waals surface area contributed by atoms with Crippen LogP contribution in [0.4, 0.5) is 5.69 Å². The SMILES string of the molecule is CC(N(C)C)n1ccc2ccc(N3CCSCC3)cc21. The molecule has 0 spiro atoms. The van der Waals surface area contributed by atoms with Crippen LogP contribution in [0, 0.1) is 0 Å². The van der Waals surface area contributed by atoms with Gasteiger partial charge in [-0.2, -0.15) is 11.8 Å². The van der Waals surface area contributed by atoms with Crippen molar-refractivity contribution in [1.29, 1.82) is 0 Å². The van der Waals surface area contributed by atoms with Gasteiger partial charge in [0.05, 0.1) is 11.7 Å². The van der Waals surface area contributed by atoms with Crippen LogP contribution in [-0.2, 0) is 0 Å². The molecule has 0 saturated carbocycles. The number of rotatable bonds is 3. The molecule has 2 heterocycles. The van der Waals surface area contributed by atoms with E-state index in [-0.39, 0.29) is 0 Å². The highest BCUT2D eigenvalue weighted by Gasteiger charge is 2.14. The zero-order chi connectivity index (χ0) is 14.1. The van der Waals surface area contributed by atoms with Crippen LogP contribution in [0.2, 0.25) is 0 Å². The molecule has 0 aliphatic carbocycles. The molecule has 0 bridgehead atoms. The Balaban J connectivity index is 1.98. The van der Waals surface area contributed by atoms with E-state index in [1.54, 1.807) is 0 Å². The Kier molecular flexibility index (Phi) is 3.94. The second kappa shape index (κ2) is 5.70. The summed E-state index contributed by atoms with van der Waals surface area (Å²) < 4.78 is 2.36. The summed E-state index contributed by atoms with van der Waals surface area (Å²) in [6.07, 6.45) is 2.57. The standard InChI is InChI=1S/C16H23N3S/c1-13(17(2)3)19-7-6-14-4-5-15(12-16(14)19)18-8-10-20-11-9-18/h4-7,12-13H,8-11H2,1-3H3.